The normalized spacial score (nSPS) is 10.8. The molecule has 2 rings (SSSR count). The smallest absolute Gasteiger partial charge is 0.222 e. The summed E-state index contributed by atoms with van der Waals surface area (Å²) in [5.74, 6) is 0.910. The number of anilines is 2. The van der Waals surface area contributed by atoms with E-state index in [9.17, 15) is 0 Å². The van der Waals surface area contributed by atoms with Crippen molar-refractivity contribution < 1.29 is 0 Å². The van der Waals surface area contributed by atoms with Crippen LogP contribution in [0.3, 0.4) is 0 Å². The monoisotopic (exact) mass is 294 g/mol. The summed E-state index contributed by atoms with van der Waals surface area (Å²) >= 11 is 6.29. The van der Waals surface area contributed by atoms with Gasteiger partial charge in [0.1, 0.15) is 5.02 Å². The van der Waals surface area contributed by atoms with Crippen LogP contribution in [0.5, 0.6) is 0 Å². The van der Waals surface area contributed by atoms with E-state index in [-0.39, 0.29) is 5.95 Å². The van der Waals surface area contributed by atoms with Crippen LogP contribution in [0.4, 0.5) is 11.8 Å². The fourth-order valence-electron chi connectivity index (χ4n) is 1.99. The van der Waals surface area contributed by atoms with E-state index in [1.807, 2.05) is 30.9 Å². The van der Waals surface area contributed by atoms with Crippen molar-refractivity contribution >= 4 is 23.4 Å². The first kappa shape index (κ1) is 14.6. The number of rotatable bonds is 5. The molecule has 0 spiro atoms. The summed E-state index contributed by atoms with van der Waals surface area (Å²) < 4.78 is 1.89. The van der Waals surface area contributed by atoms with Crippen molar-refractivity contribution in [3.63, 3.8) is 0 Å². The predicted octanol–water partition coefficient (Wildman–Crippen LogP) is 2.26. The highest BCUT2D eigenvalue weighted by Gasteiger charge is 2.15. The van der Waals surface area contributed by atoms with Crippen LogP contribution in [0, 0.1) is 6.92 Å². The van der Waals surface area contributed by atoms with Crippen molar-refractivity contribution in [3.8, 4) is 0 Å². The molecule has 2 aromatic rings. The van der Waals surface area contributed by atoms with Gasteiger partial charge in [-0.1, -0.05) is 11.6 Å². The standard InChI is InChI=1S/C13H19ClN6/c1-4-19(7-10-6-16-20(5-2)8-10)12-11(14)9(3)17-13(15)18-12/h6,8H,4-5,7H2,1-3H3,(H2,15,17,18). The van der Waals surface area contributed by atoms with E-state index < -0.39 is 0 Å². The topological polar surface area (TPSA) is 72.9 Å². The third-order valence-electron chi connectivity index (χ3n) is 3.08. The highest BCUT2D eigenvalue weighted by atomic mass is 35.5. The van der Waals surface area contributed by atoms with Gasteiger partial charge in [-0.3, -0.25) is 4.68 Å². The molecular weight excluding hydrogens is 276 g/mol. The lowest BCUT2D eigenvalue weighted by Gasteiger charge is -2.23. The molecule has 0 atom stereocenters. The molecular formula is C13H19ClN6. The fraction of sp³-hybridized carbons (Fsp3) is 0.462. The Labute approximate surface area is 123 Å². The maximum atomic E-state index is 6.29. The molecule has 0 radical (unpaired) electrons. The first-order valence-electron chi connectivity index (χ1n) is 6.61. The molecule has 0 bridgehead atoms. The molecule has 7 heteroatoms. The zero-order valence-corrected chi connectivity index (χ0v) is 12.7. The maximum Gasteiger partial charge on any atom is 0.222 e. The lowest BCUT2D eigenvalue weighted by Crippen LogP contribution is -2.24. The van der Waals surface area contributed by atoms with Gasteiger partial charge in [0, 0.05) is 31.4 Å². The predicted molar refractivity (Wildman–Crippen MR) is 80.8 cm³/mol. The Morgan fingerprint density at radius 3 is 2.70 bits per heavy atom. The van der Waals surface area contributed by atoms with Crippen molar-refractivity contribution in [2.75, 3.05) is 17.2 Å². The molecule has 0 amide bonds. The molecule has 0 aliphatic heterocycles. The first-order chi connectivity index (χ1) is 9.55. The lowest BCUT2D eigenvalue weighted by atomic mass is 10.3. The zero-order valence-electron chi connectivity index (χ0n) is 12.0. The molecule has 6 nitrogen and oxygen atoms in total. The second-order valence-electron chi connectivity index (χ2n) is 4.52. The third-order valence-corrected chi connectivity index (χ3v) is 3.52. The second-order valence-corrected chi connectivity index (χ2v) is 4.90. The number of hydrogen-bond donors (Lipinski definition) is 1. The Kier molecular flexibility index (Phi) is 4.44. The number of hydrogen-bond acceptors (Lipinski definition) is 5. The van der Waals surface area contributed by atoms with E-state index in [1.54, 1.807) is 0 Å². The second kappa shape index (κ2) is 6.09. The van der Waals surface area contributed by atoms with Crippen molar-refractivity contribution in [2.45, 2.75) is 33.9 Å². The van der Waals surface area contributed by atoms with Crippen molar-refractivity contribution in [2.24, 2.45) is 0 Å². The van der Waals surface area contributed by atoms with Gasteiger partial charge in [-0.05, 0) is 20.8 Å². The first-order valence-corrected chi connectivity index (χ1v) is 6.98. The van der Waals surface area contributed by atoms with E-state index in [0.717, 1.165) is 18.7 Å². The SMILES string of the molecule is CCN(Cc1cnn(CC)c1)c1nc(N)nc(C)c1Cl. The summed E-state index contributed by atoms with van der Waals surface area (Å²) in [5.41, 5.74) is 7.52. The van der Waals surface area contributed by atoms with Gasteiger partial charge in [-0.2, -0.15) is 10.1 Å². The fourth-order valence-corrected chi connectivity index (χ4v) is 2.20. The number of halogens is 1. The Hall–Kier alpha value is -1.82. The highest BCUT2D eigenvalue weighted by molar-refractivity contribution is 6.33. The van der Waals surface area contributed by atoms with Crippen molar-refractivity contribution in [1.82, 2.24) is 19.7 Å². The molecule has 0 aliphatic rings. The zero-order chi connectivity index (χ0) is 14.7. The molecule has 20 heavy (non-hydrogen) atoms. The average molecular weight is 295 g/mol. The number of aromatic nitrogens is 4. The number of nitrogen functional groups attached to an aromatic ring is 1. The van der Waals surface area contributed by atoms with Gasteiger partial charge in [0.2, 0.25) is 5.95 Å². The quantitative estimate of drug-likeness (QED) is 0.916. The Bertz CT molecular complexity index is 595. The van der Waals surface area contributed by atoms with Gasteiger partial charge in [-0.25, -0.2) is 4.98 Å². The largest absolute Gasteiger partial charge is 0.368 e. The van der Waals surface area contributed by atoms with Crippen LogP contribution < -0.4 is 10.6 Å². The van der Waals surface area contributed by atoms with Crippen LogP contribution >= 0.6 is 11.6 Å². The molecule has 0 fully saturated rings. The van der Waals surface area contributed by atoms with Gasteiger partial charge < -0.3 is 10.6 Å². The molecule has 0 saturated heterocycles. The van der Waals surface area contributed by atoms with E-state index >= 15 is 0 Å². The number of nitrogens with two attached hydrogens (primary N) is 1. The van der Waals surface area contributed by atoms with E-state index in [0.29, 0.717) is 23.1 Å². The summed E-state index contributed by atoms with van der Waals surface area (Å²) in [7, 11) is 0. The van der Waals surface area contributed by atoms with Gasteiger partial charge >= 0.3 is 0 Å². The van der Waals surface area contributed by atoms with E-state index in [2.05, 4.69) is 26.9 Å². The molecule has 108 valence electrons. The number of aryl methyl sites for hydroxylation is 2. The minimum absolute atomic E-state index is 0.240. The summed E-state index contributed by atoms with van der Waals surface area (Å²) in [6.07, 6.45) is 3.88. The van der Waals surface area contributed by atoms with Crippen LogP contribution in [-0.4, -0.2) is 26.3 Å². The molecule has 2 aromatic heterocycles. The Morgan fingerprint density at radius 2 is 2.10 bits per heavy atom. The van der Waals surface area contributed by atoms with Crippen molar-refractivity contribution in [1.29, 1.82) is 0 Å². The summed E-state index contributed by atoms with van der Waals surface area (Å²) in [6, 6.07) is 0. The molecule has 2 N–H and O–H groups in total. The summed E-state index contributed by atoms with van der Waals surface area (Å²) in [4.78, 5) is 10.4. The lowest BCUT2D eigenvalue weighted by molar-refractivity contribution is 0.658. The maximum absolute atomic E-state index is 6.29. The summed E-state index contributed by atoms with van der Waals surface area (Å²) in [6.45, 7) is 8.24. The Morgan fingerprint density at radius 1 is 1.35 bits per heavy atom. The van der Waals surface area contributed by atoms with E-state index in [4.69, 9.17) is 17.3 Å². The van der Waals surface area contributed by atoms with Crippen LogP contribution in [0.25, 0.3) is 0 Å². The van der Waals surface area contributed by atoms with Gasteiger partial charge in [-0.15, -0.1) is 0 Å². The Balaban J connectivity index is 2.28. The molecule has 0 aromatic carbocycles. The van der Waals surface area contributed by atoms with Gasteiger partial charge in [0.05, 0.1) is 11.9 Å². The van der Waals surface area contributed by atoms with E-state index in [1.165, 1.54) is 0 Å². The minimum atomic E-state index is 0.240. The molecule has 0 unspecified atom stereocenters. The van der Waals surface area contributed by atoms with Crippen LogP contribution in [0.2, 0.25) is 5.02 Å². The molecule has 2 heterocycles. The van der Waals surface area contributed by atoms with Gasteiger partial charge in [0.25, 0.3) is 0 Å². The molecule has 0 aliphatic carbocycles. The van der Waals surface area contributed by atoms with Crippen LogP contribution in [0.15, 0.2) is 12.4 Å². The number of nitrogens with zero attached hydrogens (tertiary/aromatic N) is 5. The van der Waals surface area contributed by atoms with Crippen LogP contribution in [0.1, 0.15) is 25.1 Å². The third kappa shape index (κ3) is 3.01. The van der Waals surface area contributed by atoms with Crippen molar-refractivity contribution in [3.05, 3.63) is 28.7 Å². The minimum Gasteiger partial charge on any atom is -0.368 e. The highest BCUT2D eigenvalue weighted by Crippen LogP contribution is 2.27. The summed E-state index contributed by atoms with van der Waals surface area (Å²) in [5, 5.41) is 4.82. The molecule has 0 saturated carbocycles. The van der Waals surface area contributed by atoms with Crippen LogP contribution in [-0.2, 0) is 13.1 Å². The average Bonchev–Trinajstić information content (AvgIpc) is 2.88. The van der Waals surface area contributed by atoms with Gasteiger partial charge in [0.15, 0.2) is 5.82 Å².